The first-order valence-electron chi connectivity index (χ1n) is 10.5. The number of nitrogen functional groups attached to an aromatic ring is 1. The number of benzene rings is 1. The van der Waals surface area contributed by atoms with Gasteiger partial charge in [0.25, 0.3) is 5.91 Å². The van der Waals surface area contributed by atoms with Crippen LogP contribution in [0.2, 0.25) is 0 Å². The van der Waals surface area contributed by atoms with E-state index >= 15 is 0 Å². The Morgan fingerprint density at radius 3 is 2.62 bits per heavy atom. The van der Waals surface area contributed by atoms with Gasteiger partial charge in [0.2, 0.25) is 0 Å². The van der Waals surface area contributed by atoms with Gasteiger partial charge >= 0.3 is 0 Å². The Kier molecular flexibility index (Phi) is 6.07. The Morgan fingerprint density at radius 2 is 1.94 bits per heavy atom. The lowest BCUT2D eigenvalue weighted by molar-refractivity contribution is 0.0714. The molecule has 4 rings (SSSR count). The molecule has 0 unspecified atom stereocenters. The van der Waals surface area contributed by atoms with Gasteiger partial charge in [-0.1, -0.05) is 0 Å². The number of nitrogens with zero attached hydrogens (tertiary/aromatic N) is 4. The largest absolute Gasteiger partial charge is 0.491 e. The highest BCUT2D eigenvalue weighted by atomic mass is 16.5. The predicted molar refractivity (Wildman–Crippen MR) is 121 cm³/mol. The van der Waals surface area contributed by atoms with Crippen LogP contribution < -0.4 is 15.4 Å². The topological polar surface area (TPSA) is 122 Å². The van der Waals surface area contributed by atoms with Crippen molar-refractivity contribution in [2.24, 2.45) is 0 Å². The number of nitrogens with two attached hydrogens (primary N) is 1. The number of carbonyl (C=O) groups is 1. The summed E-state index contributed by atoms with van der Waals surface area (Å²) in [7, 11) is 0. The van der Waals surface area contributed by atoms with Gasteiger partial charge in [0, 0.05) is 43.5 Å². The minimum Gasteiger partial charge on any atom is -0.491 e. The van der Waals surface area contributed by atoms with E-state index in [2.05, 4.69) is 14.9 Å². The van der Waals surface area contributed by atoms with E-state index < -0.39 is 0 Å². The normalized spacial score (nSPS) is 14.0. The molecule has 1 aromatic carbocycles. The highest BCUT2D eigenvalue weighted by Crippen LogP contribution is 2.24. The Hall–Kier alpha value is -3.88. The molecule has 1 saturated heterocycles. The maximum absolute atomic E-state index is 12.5. The van der Waals surface area contributed by atoms with Gasteiger partial charge in [-0.15, -0.1) is 0 Å². The molecular weight excluding hydrogens is 408 g/mol. The standard InChI is InChI=1S/C23H26N6O3/c1-15(2)32-16-5-6-18(24)17(12-16)22(25)19-13-21(27-14-26-19)28-7-9-29(10-8-28)23(30)20-4-3-11-31-20/h3-6,11-15,25H,7-10,24H2,1-2H3. The summed E-state index contributed by atoms with van der Waals surface area (Å²) < 4.78 is 11.0. The van der Waals surface area contributed by atoms with Crippen LogP contribution in [0.5, 0.6) is 5.75 Å². The lowest BCUT2D eigenvalue weighted by atomic mass is 10.0. The molecule has 0 bridgehead atoms. The summed E-state index contributed by atoms with van der Waals surface area (Å²) in [5.74, 6) is 1.59. The second-order valence-electron chi connectivity index (χ2n) is 7.81. The number of piperazine rings is 1. The summed E-state index contributed by atoms with van der Waals surface area (Å²) >= 11 is 0. The molecule has 1 aliphatic rings. The van der Waals surface area contributed by atoms with E-state index in [1.807, 2.05) is 13.8 Å². The van der Waals surface area contributed by atoms with Crippen LogP contribution in [0.3, 0.4) is 0 Å². The zero-order chi connectivity index (χ0) is 22.7. The Labute approximate surface area is 186 Å². The fraction of sp³-hybridized carbons (Fsp3) is 0.304. The van der Waals surface area contributed by atoms with Gasteiger partial charge in [-0.05, 0) is 44.2 Å². The number of furan rings is 1. The maximum Gasteiger partial charge on any atom is 0.289 e. The fourth-order valence-corrected chi connectivity index (χ4v) is 3.59. The number of nitrogens with one attached hydrogen (secondary N) is 1. The van der Waals surface area contributed by atoms with Gasteiger partial charge < -0.3 is 24.7 Å². The van der Waals surface area contributed by atoms with Gasteiger partial charge in [0.15, 0.2) is 5.76 Å². The van der Waals surface area contributed by atoms with Crippen LogP contribution in [0.15, 0.2) is 53.4 Å². The molecule has 3 heterocycles. The number of ether oxygens (including phenoxy) is 1. The van der Waals surface area contributed by atoms with Crippen LogP contribution in [0, 0.1) is 5.41 Å². The number of rotatable bonds is 6. The maximum atomic E-state index is 12.5. The first kappa shape index (κ1) is 21.4. The minimum absolute atomic E-state index is 0.0182. The monoisotopic (exact) mass is 434 g/mol. The summed E-state index contributed by atoms with van der Waals surface area (Å²) in [6.45, 7) is 6.24. The van der Waals surface area contributed by atoms with E-state index in [0.29, 0.717) is 60.5 Å². The molecule has 0 saturated carbocycles. The third kappa shape index (κ3) is 4.56. The number of amides is 1. The van der Waals surface area contributed by atoms with Crippen molar-refractivity contribution in [1.29, 1.82) is 5.41 Å². The third-order valence-electron chi connectivity index (χ3n) is 5.20. The number of hydrogen-bond acceptors (Lipinski definition) is 8. The van der Waals surface area contributed by atoms with Gasteiger partial charge in [0.1, 0.15) is 17.9 Å². The van der Waals surface area contributed by atoms with Crippen LogP contribution in [-0.4, -0.2) is 58.8 Å². The van der Waals surface area contributed by atoms with E-state index in [9.17, 15) is 4.79 Å². The number of carbonyl (C=O) groups excluding carboxylic acids is 1. The summed E-state index contributed by atoms with van der Waals surface area (Å²) in [4.78, 5) is 25.0. The quantitative estimate of drug-likeness (QED) is 0.452. The van der Waals surface area contributed by atoms with Crippen molar-refractivity contribution < 1.29 is 13.9 Å². The van der Waals surface area contributed by atoms with E-state index in [1.165, 1.54) is 12.6 Å². The second-order valence-corrected chi connectivity index (χ2v) is 7.81. The third-order valence-corrected chi connectivity index (χ3v) is 5.20. The smallest absolute Gasteiger partial charge is 0.289 e. The van der Waals surface area contributed by atoms with Crippen molar-refractivity contribution in [3.63, 3.8) is 0 Å². The molecule has 0 spiro atoms. The molecule has 0 radical (unpaired) electrons. The van der Waals surface area contributed by atoms with Crippen LogP contribution in [0.25, 0.3) is 0 Å². The minimum atomic E-state index is -0.112. The zero-order valence-electron chi connectivity index (χ0n) is 18.1. The second kappa shape index (κ2) is 9.09. The molecular formula is C23H26N6O3. The van der Waals surface area contributed by atoms with Crippen molar-refractivity contribution in [3.05, 3.63) is 66.0 Å². The highest BCUT2D eigenvalue weighted by Gasteiger charge is 2.25. The molecule has 0 atom stereocenters. The molecule has 32 heavy (non-hydrogen) atoms. The molecule has 9 nitrogen and oxygen atoms in total. The number of anilines is 2. The predicted octanol–water partition coefficient (Wildman–Crippen LogP) is 2.82. The average molecular weight is 435 g/mol. The van der Waals surface area contributed by atoms with Crippen molar-refractivity contribution >= 4 is 23.1 Å². The van der Waals surface area contributed by atoms with E-state index in [0.717, 1.165) is 0 Å². The summed E-state index contributed by atoms with van der Waals surface area (Å²) in [6.07, 6.45) is 2.97. The molecule has 1 amide bonds. The number of hydrogen-bond donors (Lipinski definition) is 2. The lowest BCUT2D eigenvalue weighted by Gasteiger charge is -2.35. The molecule has 166 valence electrons. The van der Waals surface area contributed by atoms with E-state index in [-0.39, 0.29) is 17.7 Å². The molecule has 0 aliphatic carbocycles. The SMILES string of the molecule is CC(C)Oc1ccc(N)c(C(=N)c2cc(N3CCN(C(=O)c4ccco4)CC3)ncn2)c1. The molecule has 1 aliphatic heterocycles. The number of aromatic nitrogens is 2. The van der Waals surface area contributed by atoms with Gasteiger partial charge in [-0.25, -0.2) is 9.97 Å². The van der Waals surface area contributed by atoms with Crippen LogP contribution in [0.1, 0.15) is 35.7 Å². The van der Waals surface area contributed by atoms with Crippen molar-refractivity contribution in [2.45, 2.75) is 20.0 Å². The molecule has 3 aromatic rings. The fourth-order valence-electron chi connectivity index (χ4n) is 3.59. The van der Waals surface area contributed by atoms with Gasteiger partial charge in [-0.3, -0.25) is 10.2 Å². The van der Waals surface area contributed by atoms with Crippen molar-refractivity contribution in [3.8, 4) is 5.75 Å². The first-order chi connectivity index (χ1) is 15.4. The van der Waals surface area contributed by atoms with Crippen LogP contribution >= 0.6 is 0 Å². The first-order valence-corrected chi connectivity index (χ1v) is 10.5. The Balaban J connectivity index is 1.47. The molecule has 2 aromatic heterocycles. The highest BCUT2D eigenvalue weighted by molar-refractivity contribution is 6.13. The summed E-state index contributed by atoms with van der Waals surface area (Å²) in [5.41, 5.74) is 7.84. The van der Waals surface area contributed by atoms with E-state index in [4.69, 9.17) is 20.3 Å². The van der Waals surface area contributed by atoms with Crippen LogP contribution in [0.4, 0.5) is 11.5 Å². The van der Waals surface area contributed by atoms with Crippen LogP contribution in [-0.2, 0) is 0 Å². The van der Waals surface area contributed by atoms with E-state index in [1.54, 1.807) is 41.3 Å². The van der Waals surface area contributed by atoms with Gasteiger partial charge in [0.05, 0.1) is 23.8 Å². The summed E-state index contributed by atoms with van der Waals surface area (Å²) in [5, 5.41) is 8.66. The molecule has 1 fully saturated rings. The Morgan fingerprint density at radius 1 is 1.16 bits per heavy atom. The van der Waals surface area contributed by atoms with Crippen molar-refractivity contribution in [2.75, 3.05) is 36.8 Å². The molecule has 3 N–H and O–H groups in total. The average Bonchev–Trinajstić information content (AvgIpc) is 3.34. The molecule has 9 heteroatoms. The summed E-state index contributed by atoms with van der Waals surface area (Å²) in [6, 6.07) is 10.4. The Bertz CT molecular complexity index is 1100. The van der Waals surface area contributed by atoms with Gasteiger partial charge in [-0.2, -0.15) is 0 Å². The van der Waals surface area contributed by atoms with Crippen molar-refractivity contribution in [1.82, 2.24) is 14.9 Å². The lowest BCUT2D eigenvalue weighted by Crippen LogP contribution is -2.49. The zero-order valence-corrected chi connectivity index (χ0v) is 18.1.